The van der Waals surface area contributed by atoms with Gasteiger partial charge >= 0.3 is 0 Å². The molecule has 24 aromatic rings. The minimum atomic E-state index is -3.19. The number of para-hydroxylation sites is 3. The monoisotopic (exact) mass is 1900 g/mol. The Morgan fingerprint density at radius 1 is 0.433 bits per heavy atom. The van der Waals surface area contributed by atoms with Crippen LogP contribution < -0.4 is 10.6 Å². The zero-order valence-electron chi connectivity index (χ0n) is 75.9. The number of pyridine rings is 4. The van der Waals surface area contributed by atoms with E-state index in [1.807, 2.05) is 166 Å². The Hall–Kier alpha value is -18.1. The molecule has 14 aromatic heterocycles. The Balaban J connectivity index is 0.000000112. The van der Waals surface area contributed by atoms with Crippen LogP contribution in [0.3, 0.4) is 0 Å². The van der Waals surface area contributed by atoms with E-state index in [1.165, 1.54) is 58.6 Å². The number of benzene rings is 10. The summed E-state index contributed by atoms with van der Waals surface area (Å²) in [6, 6.07) is 70.7. The van der Waals surface area contributed by atoms with Crippen LogP contribution >= 0.6 is 11.3 Å². The van der Waals surface area contributed by atoms with E-state index in [2.05, 4.69) is 144 Å². The molecule has 0 aliphatic carbocycles. The van der Waals surface area contributed by atoms with Crippen LogP contribution in [-0.4, -0.2) is 148 Å². The van der Waals surface area contributed by atoms with Gasteiger partial charge in [0.15, 0.2) is 28.9 Å². The quantitative estimate of drug-likeness (QED) is 0.0337. The molecule has 34 heteroatoms. The fraction of sp³-hybridized carbons (Fsp3) is 0.0935. The first kappa shape index (κ1) is 89.5. The lowest BCUT2D eigenvalue weighted by molar-refractivity contribution is -0.119. The number of sulfone groups is 1. The fourth-order valence-electron chi connectivity index (χ4n) is 17.1. The Kier molecular flexibility index (Phi) is 24.1. The molecule has 694 valence electrons. The molecular weight excluding hydrogens is 1820 g/mol. The summed E-state index contributed by atoms with van der Waals surface area (Å²) in [6.45, 7) is 7.80. The van der Waals surface area contributed by atoms with Crippen molar-refractivity contribution in [3.63, 3.8) is 0 Å². The fourth-order valence-corrected chi connectivity index (χ4v) is 18.6. The van der Waals surface area contributed by atoms with Gasteiger partial charge in [0.05, 0.1) is 103 Å². The molecule has 0 saturated heterocycles. The molecule has 0 bridgehead atoms. The summed E-state index contributed by atoms with van der Waals surface area (Å²) in [6.07, 6.45) is 17.8. The van der Waals surface area contributed by atoms with Gasteiger partial charge in [-0.15, -0.1) is 11.3 Å². The predicted molar refractivity (Wildman–Crippen MR) is 546 cm³/mol. The average Bonchev–Trinajstić information content (AvgIpc) is 1.63. The van der Waals surface area contributed by atoms with Crippen LogP contribution in [0.4, 0.5) is 24.5 Å². The van der Waals surface area contributed by atoms with Gasteiger partial charge < -0.3 is 35.7 Å². The first-order chi connectivity index (χ1) is 68.5. The number of nitrogens with one attached hydrogen (secondary N) is 11. The van der Waals surface area contributed by atoms with Crippen molar-refractivity contribution >= 4 is 132 Å². The second kappa shape index (κ2) is 37.9. The van der Waals surface area contributed by atoms with E-state index < -0.39 is 15.7 Å². The number of rotatable bonds is 20. The smallest absolute Gasteiger partial charge is 0.226 e. The van der Waals surface area contributed by atoms with Crippen molar-refractivity contribution in [2.75, 3.05) is 22.6 Å². The maximum Gasteiger partial charge on any atom is 0.226 e. The third-order valence-electron chi connectivity index (χ3n) is 24.0. The third kappa shape index (κ3) is 18.9. The molecule has 10 aromatic carbocycles. The lowest BCUT2D eigenvalue weighted by atomic mass is 10.0. The molecule has 0 aliphatic heterocycles. The third-order valence-corrected chi connectivity index (χ3v) is 26.0. The SMILES string of the molecule is CCCC(=O)Nc1cncc(-c2ccc3[nH]nc(-c4nc5c(-c6cc(F)cc(CCS(C)(=O)=O)c6)cccc5[nH]4)c3c2)c1.Cc1ccc(-c2cccc3[nH]c(-c4n[nH]c5ccc(-c6cncc(NC(=O)C(C)C)c6)cc45)nc23)s1.Fc1cccc(-c2cccc3[nH]c(-c4n[nH]c5ccc(-c6cn[nH]c6)cc45)nc23)c1.Oc1cncc(-c2ccc3[nH]nc(-c4nc5nccc(-c6cccc(F)c6)c5[nH]4)c3c2)c1. The number of thiophene rings is 1. The standard InChI is InChI=1S/C32H29FN6O3S.C28H24N6OS.C24H15FN6O.C23H15FN6/c1-3-5-29(40)35-24-15-22(17-34-18-24)20-8-9-27-26(16-20)31(39-38-27)32-36-28-7-4-6-25(30(28)37-32)21-12-19(13-23(33)14-21)10-11-43(2,41)42;1-15(2)28(35)30-19-11-18(13-29-14-19)17-8-9-22-21(12-17)26(34-33-22)27-31-23-6-4-5-20(25(23)32-27)24-10-7-16(3)36-24;25-16-3-1-2-14(8-16)18-6-7-27-23-21(18)28-24(29-23)22-19-10-13(4-5-20(19)30-31-22)15-9-17(32)12-26-11-15;24-16-4-1-3-14(9-16)17-5-2-6-20-21(17)28-23(27-20)22-18-10-13(15-11-25-26-12-15)7-8-19(18)29-30-22/h4,6-9,12-18H,3,5,10-11H2,1-2H3,(H,35,40)(H,36,37)(H,38,39);4-15H,1-3H3,(H,30,35)(H,31,32)(H,33,34);1-12,32H,(H,30,31)(H,27,28,29);1-12H,(H,25,26)(H,27,28)(H,29,30). The van der Waals surface area contributed by atoms with E-state index in [1.54, 1.807) is 79.0 Å². The molecular formula is C107H83F3N24O5S2. The van der Waals surface area contributed by atoms with E-state index in [0.717, 1.165) is 161 Å². The van der Waals surface area contributed by atoms with Crippen molar-refractivity contribution in [3.05, 3.63) is 314 Å². The van der Waals surface area contributed by atoms with Crippen LogP contribution in [0.5, 0.6) is 5.75 Å². The number of anilines is 2. The molecule has 29 nitrogen and oxygen atoms in total. The summed E-state index contributed by atoms with van der Waals surface area (Å²) >= 11 is 1.76. The van der Waals surface area contributed by atoms with Gasteiger partial charge in [-0.1, -0.05) is 112 Å². The van der Waals surface area contributed by atoms with Crippen LogP contribution in [0.15, 0.2) is 286 Å². The number of carbonyl (C=O) groups excluding carboxylic acids is 2. The first-order valence-electron chi connectivity index (χ1n) is 45.0. The number of carbonyl (C=O) groups is 2. The van der Waals surface area contributed by atoms with Crippen molar-refractivity contribution in [3.8, 4) is 140 Å². The highest BCUT2D eigenvalue weighted by atomic mass is 32.2. The van der Waals surface area contributed by atoms with Gasteiger partial charge in [0.2, 0.25) is 11.8 Å². The van der Waals surface area contributed by atoms with E-state index in [0.29, 0.717) is 85.9 Å². The van der Waals surface area contributed by atoms with E-state index in [4.69, 9.17) is 15.0 Å². The number of aromatic amines is 9. The molecule has 0 atom stereocenters. The molecule has 0 spiro atoms. The lowest BCUT2D eigenvalue weighted by Crippen LogP contribution is -2.17. The van der Waals surface area contributed by atoms with Crippen LogP contribution in [-0.2, 0) is 25.8 Å². The van der Waals surface area contributed by atoms with Gasteiger partial charge in [-0.05, 0) is 204 Å². The summed E-state index contributed by atoms with van der Waals surface area (Å²) in [5.74, 6) is 1.28. The molecule has 2 amide bonds. The van der Waals surface area contributed by atoms with E-state index >= 15 is 0 Å². The highest BCUT2D eigenvalue weighted by molar-refractivity contribution is 7.90. The second-order valence-corrected chi connectivity index (χ2v) is 37.8. The molecule has 0 saturated carbocycles. The Morgan fingerprint density at radius 2 is 0.901 bits per heavy atom. The number of aromatic hydroxyl groups is 1. The number of amides is 2. The topological polar surface area (TPSA) is 422 Å². The summed E-state index contributed by atoms with van der Waals surface area (Å²) in [5, 5.41) is 56.5. The highest BCUT2D eigenvalue weighted by Crippen LogP contribution is 2.42. The normalized spacial score (nSPS) is 11.6. The molecule has 0 fully saturated rings. The lowest BCUT2D eigenvalue weighted by Gasteiger charge is -2.09. The number of fused-ring (bicyclic) bond motifs is 8. The number of aryl methyl sites for hydroxylation is 2. The Morgan fingerprint density at radius 3 is 1.38 bits per heavy atom. The number of nitrogens with zero attached hydrogens (tertiary/aromatic N) is 13. The molecule has 12 N–H and O–H groups in total. The largest absolute Gasteiger partial charge is 0.506 e. The van der Waals surface area contributed by atoms with Crippen LogP contribution in [0.25, 0.3) is 222 Å². The summed E-state index contributed by atoms with van der Waals surface area (Å²) in [7, 11) is -3.19. The minimum absolute atomic E-state index is 0.0384. The minimum Gasteiger partial charge on any atom is -0.506 e. The number of imidazole rings is 4. The molecule has 0 aliphatic rings. The van der Waals surface area contributed by atoms with Crippen molar-refractivity contribution in [2.24, 2.45) is 5.92 Å². The number of H-pyrrole nitrogens is 9. The van der Waals surface area contributed by atoms with Crippen molar-refractivity contribution in [2.45, 2.75) is 47.0 Å². The molecule has 24 rings (SSSR count). The number of hydrogen-bond donors (Lipinski definition) is 12. The van der Waals surface area contributed by atoms with Crippen molar-refractivity contribution in [1.82, 2.24) is 111 Å². The highest BCUT2D eigenvalue weighted by Gasteiger charge is 2.25. The second-order valence-electron chi connectivity index (χ2n) is 34.3. The first-order valence-corrected chi connectivity index (χ1v) is 47.9. The van der Waals surface area contributed by atoms with Crippen LogP contribution in [0, 0.1) is 30.3 Å². The van der Waals surface area contributed by atoms with Gasteiger partial charge in [0, 0.05) is 125 Å². The van der Waals surface area contributed by atoms with Gasteiger partial charge in [-0.25, -0.2) is 46.5 Å². The van der Waals surface area contributed by atoms with Crippen LogP contribution in [0.2, 0.25) is 0 Å². The van der Waals surface area contributed by atoms with Gasteiger partial charge in [-0.3, -0.25) is 50.0 Å². The van der Waals surface area contributed by atoms with Crippen LogP contribution in [0.1, 0.15) is 44.1 Å². The Labute approximate surface area is 804 Å². The predicted octanol–water partition coefficient (Wildman–Crippen LogP) is 23.5. The zero-order chi connectivity index (χ0) is 96.7. The number of aromatic nitrogens is 22. The van der Waals surface area contributed by atoms with E-state index in [-0.39, 0.29) is 47.3 Å². The van der Waals surface area contributed by atoms with E-state index in [9.17, 15) is 36.3 Å². The van der Waals surface area contributed by atoms with Gasteiger partial charge in [0.25, 0.3) is 0 Å². The van der Waals surface area contributed by atoms with Crippen molar-refractivity contribution in [1.29, 1.82) is 0 Å². The zero-order valence-corrected chi connectivity index (χ0v) is 77.5. The molecule has 0 radical (unpaired) electrons. The average molecular weight is 1910 g/mol. The van der Waals surface area contributed by atoms with Crippen molar-refractivity contribution < 1.29 is 36.3 Å². The number of hydrogen-bond acceptors (Lipinski definition) is 19. The Bertz CT molecular complexity index is 9040. The summed E-state index contributed by atoms with van der Waals surface area (Å²) < 4.78 is 65.5. The van der Waals surface area contributed by atoms with Gasteiger partial charge in [0.1, 0.15) is 55.8 Å². The summed E-state index contributed by atoms with van der Waals surface area (Å²) in [4.78, 5) is 76.5. The summed E-state index contributed by atoms with van der Waals surface area (Å²) in [5.41, 5.74) is 27.3. The maximum absolute atomic E-state index is 14.6. The number of halogens is 3. The van der Waals surface area contributed by atoms with Gasteiger partial charge in [-0.2, -0.15) is 25.5 Å². The maximum atomic E-state index is 14.6. The molecule has 141 heavy (non-hydrogen) atoms. The molecule has 0 unspecified atom stereocenters. The molecule has 14 heterocycles.